The number of nitro benzene ring substituents is 1. The highest BCUT2D eigenvalue weighted by Crippen LogP contribution is 2.35. The normalized spacial score (nSPS) is 16.5. The Morgan fingerprint density at radius 3 is 2.57 bits per heavy atom. The molecule has 0 aliphatic carbocycles. The largest absolute Gasteiger partial charge is 0.496 e. The van der Waals surface area contributed by atoms with Crippen molar-refractivity contribution in [2.45, 2.75) is 5.92 Å². The Balaban J connectivity index is 2.39. The van der Waals surface area contributed by atoms with E-state index >= 15 is 0 Å². The summed E-state index contributed by atoms with van der Waals surface area (Å²) in [5.74, 6) is -1.50. The van der Waals surface area contributed by atoms with E-state index in [2.05, 4.69) is 4.90 Å². The minimum absolute atomic E-state index is 0.0198. The predicted molar refractivity (Wildman–Crippen MR) is 82.1 cm³/mol. The number of benzene rings is 1. The van der Waals surface area contributed by atoms with Crippen LogP contribution in [0.4, 0.5) is 5.69 Å². The third-order valence-electron chi connectivity index (χ3n) is 3.94. The zero-order valence-electron chi connectivity index (χ0n) is 13.1. The summed E-state index contributed by atoms with van der Waals surface area (Å²) in [7, 11) is 3.31. The number of nitro groups is 1. The van der Waals surface area contributed by atoms with Crippen LogP contribution < -0.4 is 4.74 Å². The Hall–Kier alpha value is -2.66. The second-order valence-electron chi connectivity index (χ2n) is 5.34. The first-order valence-corrected chi connectivity index (χ1v) is 7.17. The van der Waals surface area contributed by atoms with E-state index in [4.69, 9.17) is 4.74 Å². The van der Waals surface area contributed by atoms with Crippen LogP contribution in [0.15, 0.2) is 18.2 Å². The minimum Gasteiger partial charge on any atom is -0.496 e. The van der Waals surface area contributed by atoms with Crippen LogP contribution >= 0.6 is 0 Å². The molecular weight excluding hydrogens is 300 g/mol. The molecule has 0 aromatic heterocycles. The van der Waals surface area contributed by atoms with E-state index in [1.807, 2.05) is 13.1 Å². The van der Waals surface area contributed by atoms with Gasteiger partial charge in [-0.1, -0.05) is 6.07 Å². The molecule has 1 unspecified atom stereocenters. The van der Waals surface area contributed by atoms with Gasteiger partial charge in [0.1, 0.15) is 5.75 Å². The number of methoxy groups -OCH3 is 1. The third-order valence-corrected chi connectivity index (χ3v) is 3.94. The van der Waals surface area contributed by atoms with Crippen LogP contribution in [-0.2, 0) is 4.79 Å². The summed E-state index contributed by atoms with van der Waals surface area (Å²) in [5.41, 5.74) is -0.259. The maximum atomic E-state index is 12.7. The monoisotopic (exact) mass is 318 g/mol. The smallest absolute Gasteiger partial charge is 0.278 e. The van der Waals surface area contributed by atoms with Gasteiger partial charge in [0.25, 0.3) is 5.69 Å². The van der Waals surface area contributed by atoms with Crippen LogP contribution in [-0.4, -0.2) is 61.0 Å². The number of piperazine rings is 1. The molecule has 8 heteroatoms. The summed E-state index contributed by atoms with van der Waals surface area (Å²) < 4.78 is 5.14. The first-order chi connectivity index (χ1) is 11.0. The quantitative estimate of drug-likeness (QED) is 0.606. The zero-order chi connectivity index (χ0) is 17.0. The summed E-state index contributed by atoms with van der Waals surface area (Å²) in [5, 5.41) is 20.7. The number of hydrogen-bond acceptors (Lipinski definition) is 6. The Labute approximate surface area is 134 Å². The van der Waals surface area contributed by atoms with E-state index < -0.39 is 16.7 Å². The molecule has 1 aromatic rings. The van der Waals surface area contributed by atoms with Gasteiger partial charge in [-0.3, -0.25) is 14.9 Å². The highest BCUT2D eigenvalue weighted by molar-refractivity contribution is 5.89. The lowest BCUT2D eigenvalue weighted by molar-refractivity contribution is -0.385. The van der Waals surface area contributed by atoms with Crippen molar-refractivity contribution in [1.29, 1.82) is 5.26 Å². The maximum absolute atomic E-state index is 12.7. The fourth-order valence-electron chi connectivity index (χ4n) is 2.61. The third kappa shape index (κ3) is 3.40. The standard InChI is InChI=1S/C15H18N4O4/c1-17-6-8-18(9-7-17)15(20)11(10-16)14-12(19(21)22)4-3-5-13(14)23-2/h3-5,11H,6-9H2,1-2H3. The van der Waals surface area contributed by atoms with E-state index in [0.29, 0.717) is 26.2 Å². The SMILES string of the molecule is COc1cccc([N+](=O)[O-])c1C(C#N)C(=O)N1CCN(C)CC1. The van der Waals surface area contributed by atoms with Gasteiger partial charge >= 0.3 is 0 Å². The van der Waals surface area contributed by atoms with Gasteiger partial charge in [0.05, 0.1) is 23.7 Å². The lowest BCUT2D eigenvalue weighted by Crippen LogP contribution is -2.48. The second-order valence-corrected chi connectivity index (χ2v) is 5.34. The molecule has 1 aliphatic heterocycles. The van der Waals surface area contributed by atoms with Gasteiger partial charge in [0.15, 0.2) is 5.92 Å². The molecule has 1 aliphatic rings. The topological polar surface area (TPSA) is 99.7 Å². The Morgan fingerprint density at radius 2 is 2.04 bits per heavy atom. The van der Waals surface area contributed by atoms with Gasteiger partial charge < -0.3 is 14.5 Å². The highest BCUT2D eigenvalue weighted by atomic mass is 16.6. The molecule has 2 rings (SSSR count). The van der Waals surface area contributed by atoms with E-state index in [1.165, 1.54) is 25.3 Å². The van der Waals surface area contributed by atoms with Crippen molar-refractivity contribution < 1.29 is 14.5 Å². The van der Waals surface area contributed by atoms with Gasteiger partial charge in [0.2, 0.25) is 5.91 Å². The average Bonchev–Trinajstić information content (AvgIpc) is 2.55. The summed E-state index contributed by atoms with van der Waals surface area (Å²) in [4.78, 5) is 27.0. The number of amides is 1. The van der Waals surface area contributed by atoms with E-state index in [9.17, 15) is 20.2 Å². The first-order valence-electron chi connectivity index (χ1n) is 7.17. The lowest BCUT2D eigenvalue weighted by atomic mass is 9.95. The number of carbonyl (C=O) groups excluding carboxylic acids is 1. The molecule has 0 spiro atoms. The Kier molecular flexibility index (Phi) is 5.13. The summed E-state index contributed by atoms with van der Waals surface area (Å²) in [6.07, 6.45) is 0. The average molecular weight is 318 g/mol. The lowest BCUT2D eigenvalue weighted by Gasteiger charge is -2.33. The van der Waals surface area contributed by atoms with Gasteiger partial charge in [-0.05, 0) is 13.1 Å². The maximum Gasteiger partial charge on any atom is 0.278 e. The number of nitriles is 1. The molecule has 1 aromatic carbocycles. The van der Waals surface area contributed by atoms with E-state index in [-0.39, 0.29) is 17.0 Å². The van der Waals surface area contributed by atoms with Crippen LogP contribution in [0.2, 0.25) is 0 Å². The molecule has 1 fully saturated rings. The van der Waals surface area contributed by atoms with Crippen molar-refractivity contribution in [3.63, 3.8) is 0 Å². The van der Waals surface area contributed by atoms with Crippen molar-refractivity contribution in [2.24, 2.45) is 0 Å². The highest BCUT2D eigenvalue weighted by Gasteiger charge is 2.35. The molecule has 1 heterocycles. The molecule has 1 atom stereocenters. The van der Waals surface area contributed by atoms with Crippen LogP contribution in [0, 0.1) is 21.4 Å². The van der Waals surface area contributed by atoms with Gasteiger partial charge in [-0.25, -0.2) is 0 Å². The fraction of sp³-hybridized carbons (Fsp3) is 0.467. The number of hydrogen-bond donors (Lipinski definition) is 0. The molecule has 122 valence electrons. The van der Waals surface area contributed by atoms with Crippen molar-refractivity contribution in [2.75, 3.05) is 40.3 Å². The number of likely N-dealkylation sites (N-methyl/N-ethyl adjacent to an activating group) is 1. The van der Waals surface area contributed by atoms with Crippen molar-refractivity contribution in [3.05, 3.63) is 33.9 Å². The molecule has 0 saturated carbocycles. The second kappa shape index (κ2) is 7.07. The van der Waals surface area contributed by atoms with Crippen LogP contribution in [0.3, 0.4) is 0 Å². The number of rotatable bonds is 4. The number of nitrogens with zero attached hydrogens (tertiary/aromatic N) is 4. The molecule has 1 saturated heterocycles. The Bertz CT molecular complexity index is 647. The molecule has 8 nitrogen and oxygen atoms in total. The summed E-state index contributed by atoms with van der Waals surface area (Å²) >= 11 is 0. The van der Waals surface area contributed by atoms with Crippen molar-refractivity contribution in [3.8, 4) is 11.8 Å². The van der Waals surface area contributed by atoms with Crippen molar-refractivity contribution in [1.82, 2.24) is 9.80 Å². The van der Waals surface area contributed by atoms with Gasteiger partial charge in [0, 0.05) is 32.2 Å². The van der Waals surface area contributed by atoms with E-state index in [1.54, 1.807) is 4.90 Å². The first kappa shape index (κ1) is 16.7. The number of ether oxygens (including phenoxy) is 1. The zero-order valence-corrected chi connectivity index (χ0v) is 13.1. The molecule has 23 heavy (non-hydrogen) atoms. The predicted octanol–water partition coefficient (Wildman–Crippen LogP) is 0.985. The summed E-state index contributed by atoms with van der Waals surface area (Å²) in [6.45, 7) is 2.41. The van der Waals surface area contributed by atoms with Crippen molar-refractivity contribution >= 4 is 11.6 Å². The van der Waals surface area contributed by atoms with Crippen LogP contribution in [0.25, 0.3) is 0 Å². The van der Waals surface area contributed by atoms with Gasteiger partial charge in [-0.15, -0.1) is 0 Å². The fourth-order valence-corrected chi connectivity index (χ4v) is 2.61. The molecule has 1 amide bonds. The molecule has 0 N–H and O–H groups in total. The number of carbonyl (C=O) groups is 1. The van der Waals surface area contributed by atoms with E-state index in [0.717, 1.165) is 0 Å². The minimum atomic E-state index is -1.25. The summed E-state index contributed by atoms with van der Waals surface area (Å²) in [6, 6.07) is 6.17. The van der Waals surface area contributed by atoms with Crippen LogP contribution in [0.1, 0.15) is 11.5 Å². The van der Waals surface area contributed by atoms with Gasteiger partial charge in [-0.2, -0.15) is 5.26 Å². The molecule has 0 bridgehead atoms. The molecule has 0 radical (unpaired) electrons. The van der Waals surface area contributed by atoms with Crippen LogP contribution in [0.5, 0.6) is 5.75 Å². The molecular formula is C15H18N4O4. The Morgan fingerprint density at radius 1 is 1.39 bits per heavy atom.